The first-order valence-electron chi connectivity index (χ1n) is 8.15. The summed E-state index contributed by atoms with van der Waals surface area (Å²) in [5.41, 5.74) is 1.26. The number of halogens is 3. The fourth-order valence-corrected chi connectivity index (χ4v) is 4.36. The van der Waals surface area contributed by atoms with Gasteiger partial charge in [0.2, 0.25) is 10.1 Å². The number of rotatable bonds is 6. The molecule has 0 aromatic heterocycles. The van der Waals surface area contributed by atoms with Crippen molar-refractivity contribution in [2.45, 2.75) is 10.4 Å². The highest BCUT2D eigenvalue weighted by Gasteiger charge is 2.60. The van der Waals surface area contributed by atoms with Crippen molar-refractivity contribution in [2.75, 3.05) is 33.3 Å². The van der Waals surface area contributed by atoms with E-state index in [0.29, 0.717) is 28.7 Å². The molecule has 2 aromatic carbocycles. The second-order valence-corrected chi connectivity index (χ2v) is 8.22. The molecule has 0 bridgehead atoms. The van der Waals surface area contributed by atoms with Gasteiger partial charge in [0.15, 0.2) is 11.5 Å². The molecule has 0 aliphatic carbocycles. The standard InChI is InChI=1S/C19H18BrCl2NO5/c1-25-13-6-5-10(7-12(13)20)17-19(21,22)18(24)23(17)11-8-14(26-2)16(28-4)15(9-11)27-3/h5-9,17H,1-4H3/t17-/m0/s1. The van der Waals surface area contributed by atoms with Gasteiger partial charge < -0.3 is 18.9 Å². The normalized spacial score (nSPS) is 17.8. The van der Waals surface area contributed by atoms with Crippen molar-refractivity contribution in [1.82, 2.24) is 0 Å². The van der Waals surface area contributed by atoms with Crippen molar-refractivity contribution in [3.63, 3.8) is 0 Å². The zero-order valence-electron chi connectivity index (χ0n) is 15.6. The van der Waals surface area contributed by atoms with E-state index in [9.17, 15) is 4.79 Å². The Morgan fingerprint density at radius 2 is 1.50 bits per heavy atom. The Morgan fingerprint density at radius 1 is 0.929 bits per heavy atom. The number of hydrogen-bond acceptors (Lipinski definition) is 5. The topological polar surface area (TPSA) is 57.2 Å². The molecule has 1 saturated heterocycles. The predicted octanol–water partition coefficient (Wildman–Crippen LogP) is 4.75. The van der Waals surface area contributed by atoms with Crippen LogP contribution in [0, 0.1) is 0 Å². The Morgan fingerprint density at radius 3 is 1.96 bits per heavy atom. The summed E-state index contributed by atoms with van der Waals surface area (Å²) in [6.45, 7) is 0. The summed E-state index contributed by atoms with van der Waals surface area (Å²) in [5, 5.41) is 0. The number of hydrogen-bond donors (Lipinski definition) is 0. The molecule has 1 aliphatic heterocycles. The number of carbonyl (C=O) groups excluding carboxylic acids is 1. The van der Waals surface area contributed by atoms with E-state index >= 15 is 0 Å². The van der Waals surface area contributed by atoms with Crippen LogP contribution >= 0.6 is 39.1 Å². The minimum Gasteiger partial charge on any atom is -0.496 e. The highest BCUT2D eigenvalue weighted by molar-refractivity contribution is 9.10. The molecular weight excluding hydrogens is 473 g/mol. The van der Waals surface area contributed by atoms with E-state index in [-0.39, 0.29) is 0 Å². The Bertz CT molecular complexity index is 896. The molecule has 1 amide bonds. The van der Waals surface area contributed by atoms with E-state index in [1.54, 1.807) is 25.3 Å². The fraction of sp³-hybridized carbons (Fsp3) is 0.316. The molecule has 1 fully saturated rings. The third kappa shape index (κ3) is 3.25. The van der Waals surface area contributed by atoms with Crippen LogP contribution in [0.2, 0.25) is 0 Å². The quantitative estimate of drug-likeness (QED) is 0.432. The number of benzene rings is 2. The summed E-state index contributed by atoms with van der Waals surface area (Å²) in [4.78, 5) is 14.2. The van der Waals surface area contributed by atoms with Gasteiger partial charge in [-0.15, -0.1) is 0 Å². The zero-order valence-corrected chi connectivity index (χ0v) is 18.7. The van der Waals surface area contributed by atoms with Crippen LogP contribution in [-0.4, -0.2) is 38.7 Å². The van der Waals surface area contributed by atoms with E-state index in [1.165, 1.54) is 26.2 Å². The minimum atomic E-state index is -1.60. The summed E-state index contributed by atoms with van der Waals surface area (Å²) >= 11 is 16.2. The summed E-state index contributed by atoms with van der Waals surface area (Å²) in [6.07, 6.45) is 0. The van der Waals surface area contributed by atoms with Crippen LogP contribution in [0.3, 0.4) is 0 Å². The second-order valence-electron chi connectivity index (χ2n) is 5.98. The third-order valence-corrected chi connectivity index (χ3v) is 5.88. The molecular formula is C19H18BrCl2NO5. The molecule has 0 unspecified atom stereocenters. The lowest BCUT2D eigenvalue weighted by Gasteiger charge is -2.49. The van der Waals surface area contributed by atoms with E-state index < -0.39 is 16.3 Å². The highest BCUT2D eigenvalue weighted by atomic mass is 79.9. The number of β-lactam (4-membered cyclic amide) rings is 1. The first kappa shape index (κ1) is 20.9. The lowest BCUT2D eigenvalue weighted by atomic mass is 9.91. The molecule has 1 heterocycles. The number of nitrogens with zero attached hydrogens (tertiary/aromatic N) is 1. The number of amides is 1. The van der Waals surface area contributed by atoms with Gasteiger partial charge in [0.25, 0.3) is 5.91 Å². The number of anilines is 1. The predicted molar refractivity (Wildman–Crippen MR) is 111 cm³/mol. The molecule has 0 saturated carbocycles. The maximum absolute atomic E-state index is 12.7. The molecule has 1 aliphatic rings. The fourth-order valence-electron chi connectivity index (χ4n) is 3.17. The van der Waals surface area contributed by atoms with Gasteiger partial charge >= 0.3 is 0 Å². The summed E-state index contributed by atoms with van der Waals surface area (Å²) in [5.74, 6) is 1.47. The van der Waals surface area contributed by atoms with Crippen LogP contribution in [-0.2, 0) is 4.79 Å². The van der Waals surface area contributed by atoms with Gasteiger partial charge in [-0.2, -0.15) is 0 Å². The molecule has 6 nitrogen and oxygen atoms in total. The van der Waals surface area contributed by atoms with Crippen LogP contribution in [0.5, 0.6) is 23.0 Å². The van der Waals surface area contributed by atoms with Crippen molar-refractivity contribution in [2.24, 2.45) is 0 Å². The Balaban J connectivity index is 2.10. The summed E-state index contributed by atoms with van der Waals surface area (Å²) in [7, 11) is 6.09. The Labute approximate surface area is 181 Å². The Kier molecular flexibility index (Phi) is 5.89. The lowest BCUT2D eigenvalue weighted by Crippen LogP contribution is -2.62. The maximum atomic E-state index is 12.7. The second kappa shape index (κ2) is 7.89. The molecule has 150 valence electrons. The molecule has 2 aromatic rings. The van der Waals surface area contributed by atoms with Gasteiger partial charge in [-0.25, -0.2) is 0 Å². The third-order valence-electron chi connectivity index (χ3n) is 4.52. The summed E-state index contributed by atoms with van der Waals surface area (Å²) < 4.78 is 20.5. The van der Waals surface area contributed by atoms with Crippen LogP contribution in [0.15, 0.2) is 34.8 Å². The van der Waals surface area contributed by atoms with Crippen LogP contribution in [0.25, 0.3) is 0 Å². The SMILES string of the molecule is COc1ccc([C@@H]2N(c3cc(OC)c(OC)c(OC)c3)C(=O)C2(Cl)Cl)cc1Br. The number of carbonyl (C=O) groups is 1. The van der Waals surface area contributed by atoms with E-state index in [0.717, 1.165) is 10.0 Å². The molecule has 9 heteroatoms. The van der Waals surface area contributed by atoms with Crippen molar-refractivity contribution in [3.8, 4) is 23.0 Å². The van der Waals surface area contributed by atoms with Gasteiger partial charge in [0.1, 0.15) is 11.8 Å². The maximum Gasteiger partial charge on any atom is 0.266 e. The number of alkyl halides is 2. The van der Waals surface area contributed by atoms with Crippen LogP contribution < -0.4 is 23.8 Å². The smallest absolute Gasteiger partial charge is 0.266 e. The molecule has 3 rings (SSSR count). The Hall–Kier alpha value is -1.83. The highest BCUT2D eigenvalue weighted by Crippen LogP contribution is 2.55. The molecule has 0 N–H and O–H groups in total. The largest absolute Gasteiger partial charge is 0.496 e. The number of methoxy groups -OCH3 is 4. The van der Waals surface area contributed by atoms with Crippen molar-refractivity contribution in [1.29, 1.82) is 0 Å². The van der Waals surface area contributed by atoms with Gasteiger partial charge in [-0.1, -0.05) is 29.3 Å². The summed E-state index contributed by atoms with van der Waals surface area (Å²) in [6, 6.07) is 8.14. The van der Waals surface area contributed by atoms with Gasteiger partial charge in [-0.3, -0.25) is 9.69 Å². The van der Waals surface area contributed by atoms with Crippen LogP contribution in [0.1, 0.15) is 11.6 Å². The average Bonchev–Trinajstić information content (AvgIpc) is 2.70. The van der Waals surface area contributed by atoms with E-state index in [1.807, 2.05) is 12.1 Å². The van der Waals surface area contributed by atoms with Gasteiger partial charge in [0, 0.05) is 12.1 Å². The van der Waals surface area contributed by atoms with Gasteiger partial charge in [-0.05, 0) is 33.6 Å². The monoisotopic (exact) mass is 489 g/mol. The first-order chi connectivity index (χ1) is 13.3. The van der Waals surface area contributed by atoms with Crippen molar-refractivity contribution >= 4 is 50.7 Å². The van der Waals surface area contributed by atoms with E-state index in [4.69, 9.17) is 42.1 Å². The molecule has 0 radical (unpaired) electrons. The molecule has 28 heavy (non-hydrogen) atoms. The van der Waals surface area contributed by atoms with Crippen molar-refractivity contribution in [3.05, 3.63) is 40.4 Å². The average molecular weight is 491 g/mol. The molecule has 1 atom stereocenters. The minimum absolute atomic E-state index is 0.418. The van der Waals surface area contributed by atoms with Crippen LogP contribution in [0.4, 0.5) is 5.69 Å². The lowest BCUT2D eigenvalue weighted by molar-refractivity contribution is -0.125. The van der Waals surface area contributed by atoms with Crippen molar-refractivity contribution < 1.29 is 23.7 Å². The van der Waals surface area contributed by atoms with Gasteiger partial charge in [0.05, 0.1) is 38.6 Å². The molecule has 0 spiro atoms. The first-order valence-corrected chi connectivity index (χ1v) is 9.69. The van der Waals surface area contributed by atoms with E-state index in [2.05, 4.69) is 15.9 Å². The zero-order chi connectivity index (χ0) is 20.6. The number of ether oxygens (including phenoxy) is 4.